The maximum atomic E-state index is 12.0. The average Bonchev–Trinajstić information content (AvgIpc) is 2.42. The smallest absolute Gasteiger partial charge is 0.179 e. The minimum atomic E-state index is -3.16. The average molecular weight is 252 g/mol. The number of carbonyl (C=O) groups is 1. The van der Waals surface area contributed by atoms with E-state index in [4.69, 9.17) is 0 Å². The SMILES string of the molecule is CC(=O)c1cc(C)c2c(c1C)C(C)CS2(=O)=O. The molecule has 4 heteroatoms. The van der Waals surface area contributed by atoms with Crippen LogP contribution in [0.1, 0.15) is 46.8 Å². The molecule has 17 heavy (non-hydrogen) atoms. The largest absolute Gasteiger partial charge is 0.295 e. The predicted molar refractivity (Wildman–Crippen MR) is 66.4 cm³/mol. The summed E-state index contributed by atoms with van der Waals surface area (Å²) in [4.78, 5) is 12.0. The van der Waals surface area contributed by atoms with E-state index in [1.165, 1.54) is 6.92 Å². The number of benzene rings is 1. The Morgan fingerprint density at radius 2 is 1.94 bits per heavy atom. The van der Waals surface area contributed by atoms with Gasteiger partial charge in [-0.25, -0.2) is 8.42 Å². The van der Waals surface area contributed by atoms with Crippen molar-refractivity contribution >= 4 is 15.6 Å². The maximum Gasteiger partial charge on any atom is 0.179 e. The van der Waals surface area contributed by atoms with Gasteiger partial charge in [-0.05, 0) is 49.4 Å². The van der Waals surface area contributed by atoms with Crippen molar-refractivity contribution in [1.82, 2.24) is 0 Å². The number of hydrogen-bond donors (Lipinski definition) is 0. The summed E-state index contributed by atoms with van der Waals surface area (Å²) in [5.74, 6) is 0.128. The van der Waals surface area contributed by atoms with Crippen LogP contribution in [0.2, 0.25) is 0 Å². The third kappa shape index (κ3) is 1.71. The third-order valence-corrected chi connectivity index (χ3v) is 5.53. The first-order valence-corrected chi connectivity index (χ1v) is 7.28. The van der Waals surface area contributed by atoms with Gasteiger partial charge in [-0.2, -0.15) is 0 Å². The van der Waals surface area contributed by atoms with Crippen molar-refractivity contribution in [2.24, 2.45) is 0 Å². The van der Waals surface area contributed by atoms with E-state index in [0.717, 1.165) is 11.1 Å². The summed E-state index contributed by atoms with van der Waals surface area (Å²) in [5, 5.41) is 0. The van der Waals surface area contributed by atoms with Crippen molar-refractivity contribution in [2.75, 3.05) is 5.75 Å². The van der Waals surface area contributed by atoms with E-state index in [-0.39, 0.29) is 17.5 Å². The highest BCUT2D eigenvalue weighted by Crippen LogP contribution is 2.40. The number of hydrogen-bond acceptors (Lipinski definition) is 3. The molecule has 0 spiro atoms. The van der Waals surface area contributed by atoms with Crippen LogP contribution in [-0.4, -0.2) is 20.0 Å². The lowest BCUT2D eigenvalue weighted by Crippen LogP contribution is -2.05. The van der Waals surface area contributed by atoms with Crippen molar-refractivity contribution in [3.8, 4) is 0 Å². The summed E-state index contributed by atoms with van der Waals surface area (Å²) in [6.07, 6.45) is 0. The molecule has 1 aromatic rings. The highest BCUT2D eigenvalue weighted by atomic mass is 32.2. The summed E-state index contributed by atoms with van der Waals surface area (Å²) in [7, 11) is -3.16. The van der Waals surface area contributed by atoms with Gasteiger partial charge in [-0.15, -0.1) is 0 Å². The predicted octanol–water partition coefficient (Wildman–Crippen LogP) is 2.40. The molecule has 92 valence electrons. The first-order chi connectivity index (χ1) is 7.75. The molecule has 1 aliphatic heterocycles. The summed E-state index contributed by atoms with van der Waals surface area (Å²) in [6, 6.07) is 1.70. The second-order valence-electron chi connectivity index (χ2n) is 4.85. The molecule has 1 heterocycles. The molecule has 0 N–H and O–H groups in total. The third-order valence-electron chi connectivity index (χ3n) is 3.42. The van der Waals surface area contributed by atoms with Crippen LogP contribution in [0.3, 0.4) is 0 Å². The van der Waals surface area contributed by atoms with Crippen molar-refractivity contribution in [2.45, 2.75) is 38.5 Å². The number of sulfone groups is 1. The molecule has 0 fully saturated rings. The number of Topliss-reactive ketones (excluding diaryl/α,β-unsaturated/α-hetero) is 1. The van der Waals surface area contributed by atoms with Crippen molar-refractivity contribution in [3.63, 3.8) is 0 Å². The second-order valence-corrected chi connectivity index (χ2v) is 6.82. The van der Waals surface area contributed by atoms with Gasteiger partial charge in [-0.3, -0.25) is 4.79 Å². The lowest BCUT2D eigenvalue weighted by molar-refractivity contribution is 0.101. The molecule has 3 nitrogen and oxygen atoms in total. The van der Waals surface area contributed by atoms with E-state index in [0.29, 0.717) is 16.0 Å². The van der Waals surface area contributed by atoms with Gasteiger partial charge in [-0.1, -0.05) is 6.92 Å². The summed E-state index contributed by atoms with van der Waals surface area (Å²) >= 11 is 0. The molecule has 0 saturated heterocycles. The van der Waals surface area contributed by atoms with Gasteiger partial charge in [0.2, 0.25) is 0 Å². The maximum absolute atomic E-state index is 12.0. The van der Waals surface area contributed by atoms with Crippen molar-refractivity contribution < 1.29 is 13.2 Å². The molecule has 0 aromatic heterocycles. The highest BCUT2D eigenvalue weighted by molar-refractivity contribution is 7.91. The Morgan fingerprint density at radius 3 is 2.47 bits per heavy atom. The van der Waals surface area contributed by atoms with Crippen molar-refractivity contribution in [3.05, 3.63) is 28.3 Å². The minimum Gasteiger partial charge on any atom is -0.295 e. The normalized spacial score (nSPS) is 21.3. The van der Waals surface area contributed by atoms with Crippen LogP contribution >= 0.6 is 0 Å². The number of fused-ring (bicyclic) bond motifs is 1. The molecule has 0 saturated carbocycles. The number of aryl methyl sites for hydroxylation is 1. The number of carbonyl (C=O) groups excluding carboxylic acids is 1. The minimum absolute atomic E-state index is 0.00935. The van der Waals surface area contributed by atoms with Gasteiger partial charge in [0.1, 0.15) is 0 Å². The fourth-order valence-electron chi connectivity index (χ4n) is 2.79. The van der Waals surface area contributed by atoms with E-state index in [1.807, 2.05) is 13.8 Å². The van der Waals surface area contributed by atoms with Gasteiger partial charge in [0.25, 0.3) is 0 Å². The molecule has 0 bridgehead atoms. The molecule has 1 aliphatic rings. The van der Waals surface area contributed by atoms with E-state index in [2.05, 4.69) is 0 Å². The number of rotatable bonds is 1. The Kier molecular flexibility index (Phi) is 2.65. The van der Waals surface area contributed by atoms with Gasteiger partial charge < -0.3 is 0 Å². The zero-order valence-corrected chi connectivity index (χ0v) is 11.3. The fourth-order valence-corrected chi connectivity index (χ4v) is 5.02. The zero-order chi connectivity index (χ0) is 13.0. The quantitative estimate of drug-likeness (QED) is 0.721. The first-order valence-electron chi connectivity index (χ1n) is 5.63. The Morgan fingerprint density at radius 1 is 1.35 bits per heavy atom. The van der Waals surface area contributed by atoms with Gasteiger partial charge in [0.15, 0.2) is 15.6 Å². The van der Waals surface area contributed by atoms with Crippen LogP contribution in [0.15, 0.2) is 11.0 Å². The molecule has 0 aliphatic carbocycles. The molecular formula is C13H16O3S. The summed E-state index contributed by atoms with van der Waals surface area (Å²) in [5.41, 5.74) is 3.01. The van der Waals surface area contributed by atoms with Crippen LogP contribution in [0.25, 0.3) is 0 Å². The van der Waals surface area contributed by atoms with Gasteiger partial charge in [0, 0.05) is 5.56 Å². The summed E-state index contributed by atoms with van der Waals surface area (Å²) in [6.45, 7) is 7.02. The Labute approximate surface area is 102 Å². The standard InChI is InChI=1S/C13H16O3S/c1-7-5-11(10(4)14)9(3)12-8(2)6-17(15,16)13(7)12/h5,8H,6H2,1-4H3. The van der Waals surface area contributed by atoms with Gasteiger partial charge >= 0.3 is 0 Å². The van der Waals surface area contributed by atoms with E-state index < -0.39 is 9.84 Å². The zero-order valence-electron chi connectivity index (χ0n) is 10.5. The highest BCUT2D eigenvalue weighted by Gasteiger charge is 2.36. The van der Waals surface area contributed by atoms with Gasteiger partial charge in [0.05, 0.1) is 10.6 Å². The molecule has 0 radical (unpaired) electrons. The topological polar surface area (TPSA) is 51.2 Å². The van der Waals surface area contributed by atoms with E-state index in [9.17, 15) is 13.2 Å². The first kappa shape index (κ1) is 12.3. The monoisotopic (exact) mass is 252 g/mol. The fraction of sp³-hybridized carbons (Fsp3) is 0.462. The summed E-state index contributed by atoms with van der Waals surface area (Å²) < 4.78 is 24.1. The van der Waals surface area contributed by atoms with E-state index in [1.54, 1.807) is 13.0 Å². The Bertz CT molecular complexity index is 612. The lowest BCUT2D eigenvalue weighted by atomic mass is 9.91. The van der Waals surface area contributed by atoms with Crippen LogP contribution in [-0.2, 0) is 9.84 Å². The Balaban J connectivity index is 2.89. The molecular weight excluding hydrogens is 236 g/mol. The second kappa shape index (κ2) is 3.67. The molecule has 0 amide bonds. The van der Waals surface area contributed by atoms with E-state index >= 15 is 0 Å². The molecule has 1 unspecified atom stereocenters. The number of ketones is 1. The molecule has 1 aromatic carbocycles. The van der Waals surface area contributed by atoms with Crippen LogP contribution in [0.4, 0.5) is 0 Å². The van der Waals surface area contributed by atoms with Crippen molar-refractivity contribution in [1.29, 1.82) is 0 Å². The van der Waals surface area contributed by atoms with Crippen LogP contribution in [0.5, 0.6) is 0 Å². The van der Waals surface area contributed by atoms with Crippen LogP contribution in [0, 0.1) is 13.8 Å². The lowest BCUT2D eigenvalue weighted by Gasteiger charge is -2.13. The molecule has 2 rings (SSSR count). The molecule has 1 atom stereocenters. The van der Waals surface area contributed by atoms with Crippen LogP contribution < -0.4 is 0 Å². The Hall–Kier alpha value is -1.16.